The van der Waals surface area contributed by atoms with Gasteiger partial charge in [0.05, 0.1) is 6.04 Å². The molecule has 0 N–H and O–H groups in total. The van der Waals surface area contributed by atoms with Gasteiger partial charge in [0.2, 0.25) is 0 Å². The van der Waals surface area contributed by atoms with Crippen LogP contribution in [0.2, 0.25) is 0 Å². The third kappa shape index (κ3) is 2.38. The fourth-order valence-electron chi connectivity index (χ4n) is 2.42. The molecule has 3 nitrogen and oxygen atoms in total. The second-order valence-corrected chi connectivity index (χ2v) is 5.46. The zero-order valence-electron chi connectivity index (χ0n) is 10.3. The minimum Gasteiger partial charge on any atom is -0.329 e. The van der Waals surface area contributed by atoms with Crippen molar-refractivity contribution >= 4 is 17.2 Å². The molecule has 0 bridgehead atoms. The van der Waals surface area contributed by atoms with E-state index in [0.29, 0.717) is 5.56 Å². The highest BCUT2D eigenvalue weighted by molar-refractivity contribution is 7.09. The molecule has 1 aliphatic rings. The first-order valence-electron chi connectivity index (χ1n) is 6.21. The number of carbonyl (C=O) groups is 1. The lowest BCUT2D eigenvalue weighted by molar-refractivity contribution is 0.0735. The van der Waals surface area contributed by atoms with Gasteiger partial charge in [-0.15, -0.1) is 11.3 Å². The van der Waals surface area contributed by atoms with Crippen molar-refractivity contribution in [2.75, 3.05) is 6.54 Å². The third-order valence-electron chi connectivity index (χ3n) is 3.34. The molecular weight excluding hydrogens is 263 g/mol. The molecule has 1 aromatic heterocycles. The Morgan fingerprint density at radius 3 is 2.84 bits per heavy atom. The number of thiazole rings is 1. The average molecular weight is 276 g/mol. The lowest BCUT2D eigenvalue weighted by Gasteiger charge is -2.23. The number of hydrogen-bond donors (Lipinski definition) is 0. The first kappa shape index (κ1) is 12.3. The number of hydrogen-bond acceptors (Lipinski definition) is 3. The number of aromatic nitrogens is 1. The Kier molecular flexibility index (Phi) is 3.29. The summed E-state index contributed by atoms with van der Waals surface area (Å²) in [5.41, 5.74) is 0.532. The second kappa shape index (κ2) is 5.09. The van der Waals surface area contributed by atoms with Crippen molar-refractivity contribution in [2.45, 2.75) is 18.9 Å². The van der Waals surface area contributed by atoms with Crippen LogP contribution in [0.4, 0.5) is 4.39 Å². The van der Waals surface area contributed by atoms with Gasteiger partial charge in [0, 0.05) is 23.7 Å². The number of carbonyl (C=O) groups excluding carboxylic acids is 1. The smallest absolute Gasteiger partial charge is 0.254 e. The Morgan fingerprint density at radius 2 is 2.16 bits per heavy atom. The highest BCUT2D eigenvalue weighted by atomic mass is 32.1. The molecule has 0 saturated carbocycles. The van der Waals surface area contributed by atoms with Crippen molar-refractivity contribution in [3.63, 3.8) is 0 Å². The molecule has 0 aliphatic carbocycles. The summed E-state index contributed by atoms with van der Waals surface area (Å²) in [6.07, 6.45) is 3.69. The van der Waals surface area contributed by atoms with E-state index >= 15 is 0 Å². The van der Waals surface area contributed by atoms with Gasteiger partial charge in [0.1, 0.15) is 10.8 Å². The predicted octanol–water partition coefficient (Wildman–Crippen LogP) is 3.26. The Bertz CT molecular complexity index is 568. The van der Waals surface area contributed by atoms with Crippen molar-refractivity contribution in [3.8, 4) is 0 Å². The van der Waals surface area contributed by atoms with Crippen molar-refractivity contribution in [1.29, 1.82) is 0 Å². The second-order valence-electron chi connectivity index (χ2n) is 4.53. The maximum Gasteiger partial charge on any atom is 0.254 e. The zero-order chi connectivity index (χ0) is 13.2. The Morgan fingerprint density at radius 1 is 1.37 bits per heavy atom. The van der Waals surface area contributed by atoms with Crippen LogP contribution in [0.5, 0.6) is 0 Å². The number of rotatable bonds is 2. The SMILES string of the molecule is O=C(c1ccc(F)cc1)N1CCCC1c1nccs1. The summed E-state index contributed by atoms with van der Waals surface area (Å²) >= 11 is 1.57. The highest BCUT2D eigenvalue weighted by Crippen LogP contribution is 2.33. The highest BCUT2D eigenvalue weighted by Gasteiger charge is 2.31. The fraction of sp³-hybridized carbons (Fsp3) is 0.286. The molecule has 1 aromatic carbocycles. The summed E-state index contributed by atoms with van der Waals surface area (Å²) in [6, 6.07) is 5.78. The Balaban J connectivity index is 1.84. The van der Waals surface area contributed by atoms with Crippen LogP contribution < -0.4 is 0 Å². The summed E-state index contributed by atoms with van der Waals surface area (Å²) in [5, 5.41) is 2.90. The zero-order valence-corrected chi connectivity index (χ0v) is 11.1. The Hall–Kier alpha value is -1.75. The predicted molar refractivity (Wildman–Crippen MR) is 71.5 cm³/mol. The van der Waals surface area contributed by atoms with E-state index < -0.39 is 0 Å². The van der Waals surface area contributed by atoms with Gasteiger partial charge in [-0.25, -0.2) is 9.37 Å². The van der Waals surface area contributed by atoms with Crippen molar-refractivity contribution in [3.05, 3.63) is 52.2 Å². The van der Waals surface area contributed by atoms with E-state index in [4.69, 9.17) is 0 Å². The topological polar surface area (TPSA) is 33.2 Å². The van der Waals surface area contributed by atoms with Gasteiger partial charge in [-0.1, -0.05) is 0 Å². The molecule has 0 radical (unpaired) electrons. The van der Waals surface area contributed by atoms with Crippen LogP contribution in [-0.2, 0) is 0 Å². The molecule has 5 heteroatoms. The van der Waals surface area contributed by atoms with Crippen LogP contribution in [0.1, 0.15) is 34.2 Å². The summed E-state index contributed by atoms with van der Waals surface area (Å²) in [6.45, 7) is 0.737. The molecule has 1 fully saturated rings. The van der Waals surface area contributed by atoms with Gasteiger partial charge in [0.15, 0.2) is 0 Å². The first-order chi connectivity index (χ1) is 9.25. The van der Waals surface area contributed by atoms with Crippen LogP contribution in [0.3, 0.4) is 0 Å². The maximum atomic E-state index is 12.9. The molecule has 1 atom stereocenters. The molecule has 1 unspecified atom stereocenters. The van der Waals surface area contributed by atoms with E-state index in [1.165, 1.54) is 24.3 Å². The Labute approximate surface area is 114 Å². The van der Waals surface area contributed by atoms with Crippen molar-refractivity contribution in [1.82, 2.24) is 9.88 Å². The summed E-state index contributed by atoms with van der Waals surface area (Å²) in [4.78, 5) is 18.6. The minimum atomic E-state index is -0.325. The normalized spacial score (nSPS) is 18.8. The van der Waals surface area contributed by atoms with Crippen LogP contribution in [-0.4, -0.2) is 22.3 Å². The molecule has 3 rings (SSSR count). The monoisotopic (exact) mass is 276 g/mol. The molecule has 2 heterocycles. The number of benzene rings is 1. The molecule has 1 amide bonds. The van der Waals surface area contributed by atoms with Crippen molar-refractivity contribution in [2.24, 2.45) is 0 Å². The molecule has 98 valence electrons. The molecule has 19 heavy (non-hydrogen) atoms. The summed E-state index contributed by atoms with van der Waals surface area (Å²) < 4.78 is 12.9. The minimum absolute atomic E-state index is 0.0438. The van der Waals surface area contributed by atoms with Crippen LogP contribution in [0.15, 0.2) is 35.8 Å². The first-order valence-corrected chi connectivity index (χ1v) is 7.09. The number of nitrogens with zero attached hydrogens (tertiary/aromatic N) is 2. The van der Waals surface area contributed by atoms with Crippen LogP contribution in [0, 0.1) is 5.82 Å². The summed E-state index contributed by atoms with van der Waals surface area (Å²) in [5.74, 6) is -0.368. The summed E-state index contributed by atoms with van der Waals surface area (Å²) in [7, 11) is 0. The van der Waals surface area contributed by atoms with Crippen molar-refractivity contribution < 1.29 is 9.18 Å². The fourth-order valence-corrected chi connectivity index (χ4v) is 3.21. The van der Waals surface area contributed by atoms with Crippen LogP contribution in [0.25, 0.3) is 0 Å². The number of halogens is 1. The van der Waals surface area contributed by atoms with E-state index in [1.54, 1.807) is 17.5 Å². The van der Waals surface area contributed by atoms with Gasteiger partial charge in [0.25, 0.3) is 5.91 Å². The van der Waals surface area contributed by atoms with Gasteiger partial charge in [-0.2, -0.15) is 0 Å². The van der Waals surface area contributed by atoms with Crippen LogP contribution >= 0.6 is 11.3 Å². The van der Waals surface area contributed by atoms with Gasteiger partial charge in [-0.3, -0.25) is 4.79 Å². The lowest BCUT2D eigenvalue weighted by atomic mass is 10.1. The lowest BCUT2D eigenvalue weighted by Crippen LogP contribution is -2.30. The molecule has 0 spiro atoms. The maximum absolute atomic E-state index is 12.9. The van der Waals surface area contributed by atoms with E-state index in [-0.39, 0.29) is 17.8 Å². The average Bonchev–Trinajstić information content (AvgIpc) is 3.09. The van der Waals surface area contributed by atoms with E-state index in [9.17, 15) is 9.18 Å². The van der Waals surface area contributed by atoms with Gasteiger partial charge in [-0.05, 0) is 37.1 Å². The van der Waals surface area contributed by atoms with Gasteiger partial charge >= 0.3 is 0 Å². The number of likely N-dealkylation sites (tertiary alicyclic amines) is 1. The van der Waals surface area contributed by atoms with E-state index in [1.807, 2.05) is 10.3 Å². The molecule has 1 aliphatic heterocycles. The molecule has 2 aromatic rings. The van der Waals surface area contributed by atoms with Gasteiger partial charge < -0.3 is 4.90 Å². The van der Waals surface area contributed by atoms with E-state index in [2.05, 4.69) is 4.98 Å². The molecular formula is C14H13FN2OS. The third-order valence-corrected chi connectivity index (χ3v) is 4.22. The van der Waals surface area contributed by atoms with E-state index in [0.717, 1.165) is 24.4 Å². The standard InChI is InChI=1S/C14H13FN2OS/c15-11-5-3-10(4-6-11)14(18)17-8-1-2-12(17)13-16-7-9-19-13/h3-7,9,12H,1-2,8H2. The largest absolute Gasteiger partial charge is 0.329 e. The molecule has 1 saturated heterocycles. The quantitative estimate of drug-likeness (QED) is 0.843. The number of amides is 1.